The van der Waals surface area contributed by atoms with Gasteiger partial charge in [-0.15, -0.1) is 0 Å². The quantitative estimate of drug-likeness (QED) is 0.749. The van der Waals surface area contributed by atoms with Crippen molar-refractivity contribution in [3.8, 4) is 0 Å². The van der Waals surface area contributed by atoms with Crippen LogP contribution in [0, 0.1) is 5.92 Å². The molecule has 0 aliphatic heterocycles. The Labute approximate surface area is 121 Å². The predicted octanol–water partition coefficient (Wildman–Crippen LogP) is 2.21. The number of nitrogens with zero attached hydrogens (tertiary/aromatic N) is 3. The molecule has 0 aliphatic rings. The number of hydrogen-bond acceptors (Lipinski definition) is 3. The van der Waals surface area contributed by atoms with Crippen molar-refractivity contribution in [3.05, 3.63) is 30.6 Å². The highest BCUT2D eigenvalue weighted by Gasteiger charge is 2.03. The lowest BCUT2D eigenvalue weighted by atomic mass is 10.2. The largest absolute Gasteiger partial charge is 0.329 e. The van der Waals surface area contributed by atoms with Gasteiger partial charge in [0, 0.05) is 26.2 Å². The van der Waals surface area contributed by atoms with Gasteiger partial charge in [0.15, 0.2) is 0 Å². The number of para-hydroxylation sites is 2. The van der Waals surface area contributed by atoms with Crippen LogP contribution >= 0.6 is 0 Å². The maximum absolute atomic E-state index is 4.42. The van der Waals surface area contributed by atoms with Gasteiger partial charge in [0.2, 0.25) is 0 Å². The van der Waals surface area contributed by atoms with E-state index in [9.17, 15) is 0 Å². The Morgan fingerprint density at radius 2 is 2.05 bits per heavy atom. The summed E-state index contributed by atoms with van der Waals surface area (Å²) in [6.07, 6.45) is 1.94. The van der Waals surface area contributed by atoms with Crippen LogP contribution in [0.15, 0.2) is 30.6 Å². The summed E-state index contributed by atoms with van der Waals surface area (Å²) in [7, 11) is 2.18. The molecule has 0 fully saturated rings. The summed E-state index contributed by atoms with van der Waals surface area (Å²) < 4.78 is 2.23. The Balaban J connectivity index is 1.74. The van der Waals surface area contributed by atoms with Gasteiger partial charge in [0.1, 0.15) is 0 Å². The minimum atomic E-state index is 0.720. The number of hydrogen-bond donors (Lipinski definition) is 1. The van der Waals surface area contributed by atoms with E-state index in [1.165, 1.54) is 5.52 Å². The van der Waals surface area contributed by atoms with E-state index in [1.54, 1.807) is 0 Å². The molecule has 4 heteroatoms. The maximum Gasteiger partial charge on any atom is 0.0958 e. The molecule has 1 aromatic carbocycles. The first-order chi connectivity index (χ1) is 9.66. The molecule has 0 unspecified atom stereocenters. The highest BCUT2D eigenvalue weighted by molar-refractivity contribution is 5.74. The van der Waals surface area contributed by atoms with Crippen molar-refractivity contribution in [1.82, 2.24) is 19.8 Å². The van der Waals surface area contributed by atoms with Crippen molar-refractivity contribution >= 4 is 11.0 Å². The van der Waals surface area contributed by atoms with E-state index in [0.29, 0.717) is 0 Å². The number of fused-ring (bicyclic) bond motifs is 1. The molecule has 0 atom stereocenters. The molecule has 0 saturated carbocycles. The number of nitrogens with one attached hydrogen (secondary N) is 1. The molecule has 4 nitrogen and oxygen atoms in total. The normalized spacial score (nSPS) is 11.8. The van der Waals surface area contributed by atoms with Gasteiger partial charge in [0.25, 0.3) is 0 Å². The fourth-order valence-corrected chi connectivity index (χ4v) is 2.24. The summed E-state index contributed by atoms with van der Waals surface area (Å²) in [5.74, 6) is 0.720. The van der Waals surface area contributed by atoms with Crippen LogP contribution in [-0.2, 0) is 6.54 Å². The summed E-state index contributed by atoms with van der Waals surface area (Å²) in [4.78, 5) is 6.79. The molecule has 1 aromatic heterocycles. The smallest absolute Gasteiger partial charge is 0.0958 e. The molecule has 2 aromatic rings. The van der Waals surface area contributed by atoms with Crippen LogP contribution in [0.4, 0.5) is 0 Å². The van der Waals surface area contributed by atoms with Crippen molar-refractivity contribution in [2.45, 2.75) is 20.4 Å². The highest BCUT2D eigenvalue weighted by atomic mass is 15.1. The minimum Gasteiger partial charge on any atom is -0.329 e. The average molecular weight is 274 g/mol. The minimum absolute atomic E-state index is 0.720. The molecule has 0 bridgehead atoms. The van der Waals surface area contributed by atoms with E-state index in [2.05, 4.69) is 58.9 Å². The molecule has 110 valence electrons. The van der Waals surface area contributed by atoms with Crippen LogP contribution in [0.25, 0.3) is 11.0 Å². The second-order valence-corrected chi connectivity index (χ2v) is 5.83. The van der Waals surface area contributed by atoms with E-state index in [0.717, 1.165) is 44.2 Å². The van der Waals surface area contributed by atoms with Crippen molar-refractivity contribution in [2.24, 2.45) is 5.92 Å². The van der Waals surface area contributed by atoms with Crippen molar-refractivity contribution in [3.63, 3.8) is 0 Å². The summed E-state index contributed by atoms with van der Waals surface area (Å²) in [6, 6.07) is 8.30. The van der Waals surface area contributed by atoms with Crippen LogP contribution < -0.4 is 5.32 Å². The van der Waals surface area contributed by atoms with Gasteiger partial charge in [-0.1, -0.05) is 26.0 Å². The lowest BCUT2D eigenvalue weighted by Crippen LogP contribution is -2.32. The van der Waals surface area contributed by atoms with Crippen LogP contribution in [0.5, 0.6) is 0 Å². The van der Waals surface area contributed by atoms with Crippen molar-refractivity contribution in [2.75, 3.05) is 33.2 Å². The Morgan fingerprint density at radius 3 is 2.85 bits per heavy atom. The zero-order valence-electron chi connectivity index (χ0n) is 12.8. The van der Waals surface area contributed by atoms with Crippen LogP contribution in [0.1, 0.15) is 13.8 Å². The molecule has 0 amide bonds. The van der Waals surface area contributed by atoms with Gasteiger partial charge in [-0.25, -0.2) is 4.98 Å². The molecular weight excluding hydrogens is 248 g/mol. The molecule has 2 rings (SSSR count). The van der Waals surface area contributed by atoms with Gasteiger partial charge in [-0.2, -0.15) is 0 Å². The van der Waals surface area contributed by atoms with E-state index in [-0.39, 0.29) is 0 Å². The Hall–Kier alpha value is -1.39. The first kappa shape index (κ1) is 15.0. The van der Waals surface area contributed by atoms with Crippen molar-refractivity contribution < 1.29 is 0 Å². The molecule has 20 heavy (non-hydrogen) atoms. The summed E-state index contributed by atoms with van der Waals surface area (Å²) in [5, 5.41) is 3.48. The van der Waals surface area contributed by atoms with Crippen molar-refractivity contribution in [1.29, 1.82) is 0 Å². The van der Waals surface area contributed by atoms with Crippen LogP contribution in [0.3, 0.4) is 0 Å². The third-order valence-corrected chi connectivity index (χ3v) is 3.47. The number of benzene rings is 1. The highest BCUT2D eigenvalue weighted by Crippen LogP contribution is 2.11. The van der Waals surface area contributed by atoms with Gasteiger partial charge in [0.05, 0.1) is 17.4 Å². The zero-order chi connectivity index (χ0) is 14.4. The second kappa shape index (κ2) is 7.41. The molecule has 1 heterocycles. The van der Waals surface area contributed by atoms with E-state index < -0.39 is 0 Å². The lowest BCUT2D eigenvalue weighted by molar-refractivity contribution is 0.316. The molecular formula is C16H26N4. The van der Waals surface area contributed by atoms with Gasteiger partial charge >= 0.3 is 0 Å². The SMILES string of the molecule is CC(C)CNCCN(C)CCn1cnc2ccccc21. The lowest BCUT2D eigenvalue weighted by Gasteiger charge is -2.18. The van der Waals surface area contributed by atoms with E-state index in [4.69, 9.17) is 0 Å². The monoisotopic (exact) mass is 274 g/mol. The molecule has 0 saturated heterocycles. The Bertz CT molecular complexity index is 518. The Kier molecular flexibility index (Phi) is 5.56. The predicted molar refractivity (Wildman–Crippen MR) is 84.9 cm³/mol. The first-order valence-corrected chi connectivity index (χ1v) is 7.46. The van der Waals surface area contributed by atoms with E-state index >= 15 is 0 Å². The van der Waals surface area contributed by atoms with Gasteiger partial charge in [-0.3, -0.25) is 0 Å². The number of imidazole rings is 1. The molecule has 1 N–H and O–H groups in total. The number of aromatic nitrogens is 2. The molecule has 0 radical (unpaired) electrons. The summed E-state index contributed by atoms with van der Waals surface area (Å²) in [6.45, 7) is 9.74. The molecule has 0 spiro atoms. The maximum atomic E-state index is 4.42. The van der Waals surface area contributed by atoms with Gasteiger partial charge in [-0.05, 0) is 31.6 Å². The average Bonchev–Trinajstić information content (AvgIpc) is 2.84. The summed E-state index contributed by atoms with van der Waals surface area (Å²) in [5.41, 5.74) is 2.30. The third kappa shape index (κ3) is 4.32. The number of likely N-dealkylation sites (N-methyl/N-ethyl adjacent to an activating group) is 1. The Morgan fingerprint density at radius 1 is 1.25 bits per heavy atom. The second-order valence-electron chi connectivity index (χ2n) is 5.83. The van der Waals surface area contributed by atoms with Gasteiger partial charge < -0.3 is 14.8 Å². The fourth-order valence-electron chi connectivity index (χ4n) is 2.24. The van der Waals surface area contributed by atoms with E-state index in [1.807, 2.05) is 12.4 Å². The standard InChI is InChI=1S/C16H26N4/c1-14(2)12-17-8-9-19(3)10-11-20-13-18-15-6-4-5-7-16(15)20/h4-7,13-14,17H,8-12H2,1-3H3. The zero-order valence-corrected chi connectivity index (χ0v) is 12.8. The van der Waals surface area contributed by atoms with Crippen LogP contribution in [0.2, 0.25) is 0 Å². The molecule has 0 aliphatic carbocycles. The fraction of sp³-hybridized carbons (Fsp3) is 0.562. The topological polar surface area (TPSA) is 33.1 Å². The van der Waals surface area contributed by atoms with Crippen LogP contribution in [-0.4, -0.2) is 47.7 Å². The number of rotatable bonds is 8. The summed E-state index contributed by atoms with van der Waals surface area (Å²) >= 11 is 0. The first-order valence-electron chi connectivity index (χ1n) is 7.46. The third-order valence-electron chi connectivity index (χ3n) is 3.47.